The van der Waals surface area contributed by atoms with E-state index in [1.165, 1.54) is 44.7 Å². The van der Waals surface area contributed by atoms with Crippen LogP contribution in [-0.2, 0) is 41.7 Å². The number of aliphatic hydroxyl groups is 1. The Kier molecular flexibility index (Phi) is 14.2. The number of anilines is 2. The fraction of sp³-hybridized carbons (Fsp3) is 0.600. The summed E-state index contributed by atoms with van der Waals surface area (Å²) in [6.45, 7) is -1.68. The van der Waals surface area contributed by atoms with Crippen LogP contribution in [0.3, 0.4) is 0 Å². The molecule has 26 nitrogen and oxygen atoms in total. The van der Waals surface area contributed by atoms with E-state index in [-0.39, 0.29) is 47.4 Å². The summed E-state index contributed by atoms with van der Waals surface area (Å²) in [7, 11) is -7.55. The Bertz CT molecular complexity index is 2040. The molecule has 0 radical (unpaired) electrons. The lowest BCUT2D eigenvalue weighted by molar-refractivity contribution is -0.158. The van der Waals surface area contributed by atoms with E-state index in [4.69, 9.17) is 46.0 Å². The van der Waals surface area contributed by atoms with Crippen LogP contribution in [0.15, 0.2) is 34.8 Å². The summed E-state index contributed by atoms with van der Waals surface area (Å²) < 4.78 is 59.4. The Morgan fingerprint density at radius 3 is 2.60 bits per heavy atom. The highest BCUT2D eigenvalue weighted by Crippen LogP contribution is 2.50. The second kappa shape index (κ2) is 18.2. The van der Waals surface area contributed by atoms with Crippen molar-refractivity contribution < 1.29 is 61.5 Å². The summed E-state index contributed by atoms with van der Waals surface area (Å²) in [5, 5.41) is 14.6. The van der Waals surface area contributed by atoms with Gasteiger partial charge in [0.2, 0.25) is 0 Å². The molecular formula is C25H36N12O14P2S2. The molecule has 2 saturated heterocycles. The van der Waals surface area contributed by atoms with Crippen LogP contribution in [-0.4, -0.2) is 123 Å². The largest absolute Gasteiger partial charge is 0.472 e. The number of aliphatic hydroxyl groups excluding tert-OH is 1. The molecule has 3 aromatic rings. The summed E-state index contributed by atoms with van der Waals surface area (Å²) >= 11 is 0. The maximum Gasteiger partial charge on any atom is 0.472 e. The molecule has 0 aromatic carbocycles. The van der Waals surface area contributed by atoms with Gasteiger partial charge in [0.15, 0.2) is 23.8 Å². The molecule has 10 atom stereocenters. The average Bonchev–Trinajstić information content (AvgIpc) is 3.80. The van der Waals surface area contributed by atoms with Crippen molar-refractivity contribution in [3.63, 3.8) is 0 Å². The zero-order valence-electron chi connectivity index (χ0n) is 28.4. The maximum absolute atomic E-state index is 13.4. The molecule has 302 valence electrons. The van der Waals surface area contributed by atoms with Crippen molar-refractivity contribution in [2.45, 2.75) is 67.1 Å². The normalized spacial score (nSPS) is 26.3. The van der Waals surface area contributed by atoms with E-state index in [0.717, 1.165) is 10.9 Å². The number of fused-ring (bicyclic) bond motifs is 1. The van der Waals surface area contributed by atoms with Gasteiger partial charge in [0.05, 0.1) is 19.5 Å². The lowest BCUT2D eigenvalue weighted by Gasteiger charge is -2.25. The van der Waals surface area contributed by atoms with Gasteiger partial charge in [0, 0.05) is 29.3 Å². The van der Waals surface area contributed by atoms with E-state index in [2.05, 4.69) is 34.5 Å². The molecule has 2 aliphatic heterocycles. The highest BCUT2D eigenvalue weighted by Gasteiger charge is 2.50. The molecule has 2 fully saturated rings. The molecule has 0 amide bonds. The Balaban J connectivity index is 1.34. The van der Waals surface area contributed by atoms with Crippen LogP contribution in [0.25, 0.3) is 21.6 Å². The fourth-order valence-corrected chi connectivity index (χ4v) is 8.83. The van der Waals surface area contributed by atoms with E-state index in [0.29, 0.717) is 0 Å². The van der Waals surface area contributed by atoms with Gasteiger partial charge in [-0.2, -0.15) is 4.98 Å². The molecule has 5 unspecified atom stereocenters. The third-order valence-electron chi connectivity index (χ3n) is 8.04. The first-order valence-corrected chi connectivity index (χ1v) is 21.4. The van der Waals surface area contributed by atoms with Gasteiger partial charge in [-0.3, -0.25) is 27.5 Å². The summed E-state index contributed by atoms with van der Waals surface area (Å²) in [6, 6.07) is 0.00509. The van der Waals surface area contributed by atoms with E-state index in [1.807, 2.05) is 0 Å². The number of nitrogens with zero attached hydrogens (tertiary/aromatic N) is 9. The van der Waals surface area contributed by atoms with E-state index >= 15 is 0 Å². The molecule has 0 aliphatic carbocycles. The Hall–Kier alpha value is -3.43. The van der Waals surface area contributed by atoms with Gasteiger partial charge in [-0.05, 0) is 24.3 Å². The van der Waals surface area contributed by atoms with Crippen LogP contribution in [0.5, 0.6) is 0 Å². The first kappa shape index (κ1) is 42.7. The van der Waals surface area contributed by atoms with Gasteiger partial charge in [-0.25, -0.2) is 28.9 Å². The lowest BCUT2D eigenvalue weighted by atomic mass is 10.1. The predicted octanol–water partition coefficient (Wildman–Crippen LogP) is -0.276. The number of azide groups is 1. The third kappa shape index (κ3) is 10.9. The number of nitrogen functional groups attached to an aromatic ring is 2. The number of esters is 1. The molecule has 10 N–H and O–H groups in total. The number of phosphoric ester groups is 2. The molecule has 30 heteroatoms. The second-order valence-electron chi connectivity index (χ2n) is 11.8. The Morgan fingerprint density at radius 1 is 1.16 bits per heavy atom. The van der Waals surface area contributed by atoms with Gasteiger partial charge in [-0.15, -0.1) is 0 Å². The summed E-state index contributed by atoms with van der Waals surface area (Å²) in [6.07, 6.45) is -5.16. The zero-order valence-corrected chi connectivity index (χ0v) is 31.8. The van der Waals surface area contributed by atoms with Crippen LogP contribution in [0.1, 0.15) is 25.3 Å². The number of carbonyl (C=O) groups is 1. The lowest BCUT2D eigenvalue weighted by Crippen LogP contribution is -2.44. The van der Waals surface area contributed by atoms with E-state index < -0.39 is 89.5 Å². The second-order valence-corrected chi connectivity index (χ2v) is 17.2. The first-order valence-electron chi connectivity index (χ1n) is 15.8. The third-order valence-corrected chi connectivity index (χ3v) is 11.7. The Labute approximate surface area is 317 Å². The number of hydrogen-bond acceptors (Lipinski definition) is 21. The van der Waals surface area contributed by atoms with Crippen LogP contribution >= 0.6 is 37.2 Å². The SMILES string of the molecule is CSS[C@@H](CN=[N+]=[N-])C[C@@H](N)C(=O)OC1C(COP(=O)(O)O[C@H]2C[C@H](n3ccc(N)nc3=O)O[C@@H]2COP(=O)(O)O)OC(n2cnc3c(N)ncnc32)C1O. The number of nitrogens with two attached hydrogens (primary N) is 3. The van der Waals surface area contributed by atoms with Crippen LogP contribution < -0.4 is 22.9 Å². The number of hydrogen-bond donors (Lipinski definition) is 7. The summed E-state index contributed by atoms with van der Waals surface area (Å²) in [5.74, 6) is -1.08. The topological polar surface area (TPSA) is 393 Å². The number of rotatable bonds is 18. The molecule has 3 aromatic heterocycles. The standard InChI is InChI=1S/C25H36N12O14P2S2/c1-54-55-11(6-33-35-29)4-12(26)24(39)50-20-15(49-23(19(20)38)37-10-32-18-21(28)30-9-31-22(18)37)8-47-53(44,45)51-13-5-17(36-3-2-16(27)34-25(36)40)48-14(13)7-46-52(41,42)43/h2-3,9-15,17,19-20,23,38H,4-8,26H2,1H3,(H,44,45)(H2,27,34,40)(H2,28,30,31)(H2,41,42,43)/t11-,12-,13+,14-,15?,17-,19?,20?,23?/m1/s1. The predicted molar refractivity (Wildman–Crippen MR) is 191 cm³/mol. The highest BCUT2D eigenvalue weighted by molar-refractivity contribution is 8.76. The van der Waals surface area contributed by atoms with Gasteiger partial charge < -0.3 is 51.2 Å². The molecular weight excluding hydrogens is 818 g/mol. The minimum absolute atomic E-state index is 0.00949. The van der Waals surface area contributed by atoms with E-state index in [1.54, 1.807) is 6.26 Å². The van der Waals surface area contributed by atoms with Crippen molar-refractivity contribution >= 4 is 66.0 Å². The monoisotopic (exact) mass is 854 g/mol. The van der Waals surface area contributed by atoms with E-state index in [9.17, 15) is 38.5 Å². The van der Waals surface area contributed by atoms with Crippen LogP contribution in [0, 0.1) is 0 Å². The maximum atomic E-state index is 13.4. The molecule has 2 aliphatic rings. The van der Waals surface area contributed by atoms with Crippen LogP contribution in [0.4, 0.5) is 11.6 Å². The number of carbonyl (C=O) groups excluding carboxylic acids is 1. The smallest absolute Gasteiger partial charge is 0.455 e. The van der Waals surface area contributed by atoms with Crippen molar-refractivity contribution in [3.05, 3.63) is 45.8 Å². The van der Waals surface area contributed by atoms with Crippen molar-refractivity contribution in [2.75, 3.05) is 37.5 Å². The number of ether oxygens (including phenoxy) is 3. The van der Waals surface area contributed by atoms with Gasteiger partial charge in [0.25, 0.3) is 0 Å². The van der Waals surface area contributed by atoms with Crippen molar-refractivity contribution in [2.24, 2.45) is 10.8 Å². The van der Waals surface area contributed by atoms with Gasteiger partial charge >= 0.3 is 27.3 Å². The molecule has 55 heavy (non-hydrogen) atoms. The van der Waals surface area contributed by atoms with Crippen LogP contribution in [0.2, 0.25) is 0 Å². The van der Waals surface area contributed by atoms with Gasteiger partial charge in [-0.1, -0.05) is 26.7 Å². The minimum Gasteiger partial charge on any atom is -0.455 e. The molecule has 0 bridgehead atoms. The zero-order chi connectivity index (χ0) is 40.1. The Morgan fingerprint density at radius 2 is 1.91 bits per heavy atom. The van der Waals surface area contributed by atoms with Crippen molar-refractivity contribution in [3.8, 4) is 0 Å². The van der Waals surface area contributed by atoms with Crippen molar-refractivity contribution in [1.29, 1.82) is 0 Å². The average molecular weight is 855 g/mol. The quantitative estimate of drug-likeness (QED) is 0.0216. The molecule has 0 saturated carbocycles. The number of imidazole rings is 1. The fourth-order valence-electron chi connectivity index (χ4n) is 5.61. The van der Waals surface area contributed by atoms with Gasteiger partial charge in [0.1, 0.15) is 54.3 Å². The number of phosphoric acid groups is 2. The summed E-state index contributed by atoms with van der Waals surface area (Å²) in [4.78, 5) is 73.5. The number of aromatic nitrogens is 6. The molecule has 0 spiro atoms. The van der Waals surface area contributed by atoms with Crippen molar-refractivity contribution in [1.82, 2.24) is 29.1 Å². The minimum atomic E-state index is -5.18. The first-order chi connectivity index (χ1) is 26.0. The molecule has 5 heterocycles. The molecule has 5 rings (SSSR count). The highest BCUT2D eigenvalue weighted by atomic mass is 33.1. The summed E-state index contributed by atoms with van der Waals surface area (Å²) in [5.41, 5.74) is 25.7.